The Balaban J connectivity index is 0.000000191. The van der Waals surface area contributed by atoms with Gasteiger partial charge in [0.1, 0.15) is 4.99 Å². The third kappa shape index (κ3) is 7.99. The van der Waals surface area contributed by atoms with E-state index in [0.717, 1.165) is 11.1 Å². The number of H-pyrrole nitrogens is 2. The molecule has 2 heterocycles. The predicted molar refractivity (Wildman–Crippen MR) is 137 cm³/mol. The van der Waals surface area contributed by atoms with Gasteiger partial charge >= 0.3 is 0 Å². The molecule has 0 spiro atoms. The molecular weight excluding hydrogens is 448 g/mol. The molecule has 0 saturated heterocycles. The van der Waals surface area contributed by atoms with Gasteiger partial charge in [-0.15, -0.1) is 0 Å². The fourth-order valence-corrected chi connectivity index (χ4v) is 3.08. The zero-order valence-electron chi connectivity index (χ0n) is 18.3. The Morgan fingerprint density at radius 2 is 1.32 bits per heavy atom. The highest BCUT2D eigenvalue weighted by Crippen LogP contribution is 2.00. The molecule has 8 heteroatoms. The summed E-state index contributed by atoms with van der Waals surface area (Å²) in [5.41, 5.74) is 2.90. The van der Waals surface area contributed by atoms with E-state index in [-0.39, 0.29) is 17.0 Å². The normalized spacial score (nSPS) is 9.88. The van der Waals surface area contributed by atoms with Gasteiger partial charge in [0.05, 0.1) is 11.3 Å². The van der Waals surface area contributed by atoms with E-state index in [9.17, 15) is 14.4 Å². The molecule has 0 aliphatic heterocycles. The predicted octanol–water partition coefficient (Wildman–Crippen LogP) is 3.15. The van der Waals surface area contributed by atoms with E-state index in [1.165, 1.54) is 24.4 Å². The average Bonchev–Trinajstić information content (AvgIpc) is 2.88. The maximum Gasteiger partial charge on any atom is 0.253 e. The number of pyridine rings is 2. The summed E-state index contributed by atoms with van der Waals surface area (Å²) < 4.78 is 0. The lowest BCUT2D eigenvalue weighted by Gasteiger charge is -2.07. The number of aromatic amines is 2. The molecule has 0 radical (unpaired) electrons. The molecule has 2 aromatic carbocycles. The van der Waals surface area contributed by atoms with Gasteiger partial charge in [-0.2, -0.15) is 0 Å². The minimum atomic E-state index is -0.218. The quantitative estimate of drug-likeness (QED) is 0.323. The van der Waals surface area contributed by atoms with Crippen LogP contribution in [0.3, 0.4) is 0 Å². The second kappa shape index (κ2) is 12.7. The lowest BCUT2D eigenvalue weighted by Crippen LogP contribution is -2.24. The van der Waals surface area contributed by atoms with E-state index in [1.54, 1.807) is 12.1 Å². The summed E-state index contributed by atoms with van der Waals surface area (Å²) in [7, 11) is 0. The van der Waals surface area contributed by atoms with E-state index in [0.29, 0.717) is 29.3 Å². The molecule has 7 nitrogen and oxygen atoms in total. The molecule has 0 atom stereocenters. The van der Waals surface area contributed by atoms with Crippen molar-refractivity contribution in [2.24, 2.45) is 0 Å². The molecule has 0 aliphatic carbocycles. The lowest BCUT2D eigenvalue weighted by atomic mass is 10.2. The number of amides is 1. The van der Waals surface area contributed by atoms with Crippen LogP contribution in [0, 0.1) is 0 Å². The molecule has 4 rings (SSSR count). The van der Waals surface area contributed by atoms with Crippen LogP contribution in [0.2, 0.25) is 0 Å². The highest BCUT2D eigenvalue weighted by atomic mass is 32.1. The number of hydrogen-bond acceptors (Lipinski definition) is 4. The summed E-state index contributed by atoms with van der Waals surface area (Å²) in [5, 5.41) is 5.88. The lowest BCUT2D eigenvalue weighted by molar-refractivity contribution is 0.0950. The molecule has 172 valence electrons. The first-order chi connectivity index (χ1) is 16.5. The van der Waals surface area contributed by atoms with Gasteiger partial charge in [0.25, 0.3) is 5.91 Å². The molecule has 0 saturated carbocycles. The van der Waals surface area contributed by atoms with Crippen LogP contribution in [-0.2, 0) is 13.1 Å². The van der Waals surface area contributed by atoms with Gasteiger partial charge in [0.2, 0.25) is 11.1 Å². The molecule has 34 heavy (non-hydrogen) atoms. The van der Waals surface area contributed by atoms with Crippen molar-refractivity contribution >= 4 is 23.1 Å². The molecule has 4 N–H and O–H groups in total. The van der Waals surface area contributed by atoms with Gasteiger partial charge in [-0.3, -0.25) is 14.4 Å². The minimum absolute atomic E-state index is 0.147. The Morgan fingerprint density at radius 3 is 1.88 bits per heavy atom. The summed E-state index contributed by atoms with van der Waals surface area (Å²) in [4.78, 5) is 39.4. The number of benzene rings is 2. The van der Waals surface area contributed by atoms with Crippen LogP contribution in [0.5, 0.6) is 0 Å². The van der Waals surface area contributed by atoms with Crippen molar-refractivity contribution in [3.63, 3.8) is 0 Å². The molecule has 4 aromatic rings. The first-order valence-electron chi connectivity index (χ1n) is 10.5. The topological polar surface area (TPSA) is 107 Å². The van der Waals surface area contributed by atoms with Gasteiger partial charge in [0, 0.05) is 31.4 Å². The van der Waals surface area contributed by atoms with Crippen LogP contribution >= 0.6 is 12.2 Å². The summed E-state index contributed by atoms with van der Waals surface area (Å²) in [6.07, 6.45) is 1.41. The zero-order valence-corrected chi connectivity index (χ0v) is 19.1. The highest BCUT2D eigenvalue weighted by Gasteiger charge is 2.04. The van der Waals surface area contributed by atoms with Gasteiger partial charge in [-0.25, -0.2) is 0 Å². The molecular formula is C26H24N4O3S. The fraction of sp³-hybridized carbons (Fsp3) is 0.0769. The third-order valence-corrected chi connectivity index (χ3v) is 5.02. The largest absolute Gasteiger partial charge is 0.371 e. The number of hydrogen-bond donors (Lipinski definition) is 4. The van der Waals surface area contributed by atoms with Gasteiger partial charge < -0.3 is 20.6 Å². The van der Waals surface area contributed by atoms with Crippen molar-refractivity contribution in [2.45, 2.75) is 13.1 Å². The number of rotatable bonds is 6. The smallest absolute Gasteiger partial charge is 0.253 e. The van der Waals surface area contributed by atoms with Crippen LogP contribution in [0.4, 0.5) is 0 Å². The third-order valence-electron chi connectivity index (χ3n) is 4.65. The van der Waals surface area contributed by atoms with Crippen LogP contribution in [0.1, 0.15) is 27.2 Å². The molecule has 0 aliphatic rings. The summed E-state index contributed by atoms with van der Waals surface area (Å²) in [5.74, 6) is -0.204. The second-order valence-electron chi connectivity index (χ2n) is 7.21. The maximum absolute atomic E-state index is 11.7. The van der Waals surface area contributed by atoms with Crippen LogP contribution in [0.15, 0.2) is 107 Å². The van der Waals surface area contributed by atoms with Gasteiger partial charge in [-0.1, -0.05) is 78.9 Å². The number of thiocarbonyl (C=S) groups is 1. The van der Waals surface area contributed by atoms with E-state index in [4.69, 9.17) is 12.2 Å². The van der Waals surface area contributed by atoms with Gasteiger partial charge in [-0.05, 0) is 23.3 Å². The summed E-state index contributed by atoms with van der Waals surface area (Å²) in [6, 6.07) is 27.3. The van der Waals surface area contributed by atoms with Crippen molar-refractivity contribution in [1.82, 2.24) is 20.6 Å². The fourth-order valence-electron chi connectivity index (χ4n) is 2.89. The molecule has 2 aromatic heterocycles. The number of nitrogens with one attached hydrogen (secondary N) is 4. The van der Waals surface area contributed by atoms with Crippen molar-refractivity contribution in [2.75, 3.05) is 0 Å². The maximum atomic E-state index is 11.7. The first kappa shape index (κ1) is 24.3. The second-order valence-corrected chi connectivity index (χ2v) is 7.62. The number of carbonyl (C=O) groups is 1. The van der Waals surface area contributed by atoms with Crippen LogP contribution in [-0.4, -0.2) is 20.9 Å². The Labute approximate surface area is 201 Å². The number of aromatic nitrogens is 2. The SMILES string of the molecule is O=C(NCc1ccccc1)c1ccc(=O)[nH]c1.O=c1cccc(C(=S)NCc2ccccc2)[nH]1. The molecule has 1 amide bonds. The Kier molecular flexibility index (Phi) is 9.07. The van der Waals surface area contributed by atoms with Crippen molar-refractivity contribution in [3.05, 3.63) is 140 Å². The van der Waals surface area contributed by atoms with E-state index >= 15 is 0 Å². The van der Waals surface area contributed by atoms with Crippen molar-refractivity contribution in [3.8, 4) is 0 Å². The molecule has 0 fully saturated rings. The highest BCUT2D eigenvalue weighted by molar-refractivity contribution is 7.80. The molecule has 0 bridgehead atoms. The zero-order chi connectivity index (χ0) is 24.2. The number of carbonyl (C=O) groups excluding carboxylic acids is 1. The Hall–Kier alpha value is -4.30. The summed E-state index contributed by atoms with van der Waals surface area (Å²) in [6.45, 7) is 1.12. The Morgan fingerprint density at radius 1 is 0.706 bits per heavy atom. The van der Waals surface area contributed by atoms with Crippen molar-refractivity contribution < 1.29 is 4.79 Å². The molecule has 0 unspecified atom stereocenters. The van der Waals surface area contributed by atoms with Crippen molar-refractivity contribution in [1.29, 1.82) is 0 Å². The monoisotopic (exact) mass is 472 g/mol. The van der Waals surface area contributed by atoms with E-state index in [1.807, 2.05) is 60.7 Å². The van der Waals surface area contributed by atoms with Gasteiger partial charge in [0.15, 0.2) is 0 Å². The van der Waals surface area contributed by atoms with Crippen LogP contribution in [0.25, 0.3) is 0 Å². The average molecular weight is 473 g/mol. The van der Waals surface area contributed by atoms with Crippen LogP contribution < -0.4 is 21.8 Å². The standard InChI is InChI=1S/C13H12N2O2.C13H12N2OS/c16-12-7-6-11(9-14-12)13(17)15-8-10-4-2-1-3-5-10;16-12-8-4-7-11(15-12)13(17)14-9-10-5-2-1-3-6-10/h1-7,9H,8H2,(H,14,16)(H,15,17);1-8H,9H2,(H,14,17)(H,15,16). The Bertz CT molecular complexity index is 1310. The minimum Gasteiger partial charge on any atom is -0.371 e. The first-order valence-corrected chi connectivity index (χ1v) is 10.9. The van der Waals surface area contributed by atoms with E-state index in [2.05, 4.69) is 20.6 Å². The van der Waals surface area contributed by atoms with E-state index < -0.39 is 0 Å². The summed E-state index contributed by atoms with van der Waals surface area (Å²) >= 11 is 5.20.